The number of carbonyl (C=O) groups is 1. The second-order valence-electron chi connectivity index (χ2n) is 5.14. The van der Waals surface area contributed by atoms with Crippen LogP contribution in [0, 0.1) is 5.92 Å². The molecule has 0 aromatic heterocycles. The lowest BCUT2D eigenvalue weighted by atomic mass is 10.1. The molecule has 1 saturated carbocycles. The van der Waals surface area contributed by atoms with E-state index >= 15 is 0 Å². The Morgan fingerprint density at radius 1 is 1.26 bits per heavy atom. The zero-order valence-corrected chi connectivity index (χ0v) is 13.0. The maximum Gasteiger partial charge on any atom is 0.177 e. The Labute approximate surface area is 122 Å². The number of benzene rings is 1. The fourth-order valence-electron chi connectivity index (χ4n) is 2.54. The van der Waals surface area contributed by atoms with Crippen LogP contribution in [-0.2, 0) is 9.84 Å². The van der Waals surface area contributed by atoms with E-state index in [4.69, 9.17) is 0 Å². The first kappa shape index (κ1) is 14.7. The van der Waals surface area contributed by atoms with Crippen LogP contribution in [0.1, 0.15) is 36.0 Å². The molecule has 0 saturated heterocycles. The number of rotatable bonds is 5. The summed E-state index contributed by atoms with van der Waals surface area (Å²) in [7, 11) is -3.29. The monoisotopic (exact) mass is 344 g/mol. The number of halogens is 1. The molecule has 19 heavy (non-hydrogen) atoms. The minimum atomic E-state index is -3.29. The van der Waals surface area contributed by atoms with E-state index in [1.54, 1.807) is 18.2 Å². The quantitative estimate of drug-likeness (QED) is 0.770. The Bertz CT molecular complexity index is 560. The van der Waals surface area contributed by atoms with Crippen molar-refractivity contribution in [3.8, 4) is 0 Å². The lowest BCUT2D eigenvalue weighted by Crippen LogP contribution is -2.22. The molecule has 0 bridgehead atoms. The highest BCUT2D eigenvalue weighted by Gasteiger charge is 2.25. The van der Waals surface area contributed by atoms with E-state index in [0.29, 0.717) is 5.56 Å². The van der Waals surface area contributed by atoms with Gasteiger partial charge in [0.2, 0.25) is 0 Å². The normalized spacial score (nSPS) is 16.7. The maximum atomic E-state index is 12.0. The fourth-order valence-corrected chi connectivity index (χ4v) is 4.67. The molecule has 104 valence electrons. The molecule has 1 aromatic rings. The Hall–Kier alpha value is -0.680. The smallest absolute Gasteiger partial charge is 0.177 e. The Morgan fingerprint density at radius 3 is 2.58 bits per heavy atom. The molecule has 2 rings (SSSR count). The van der Waals surface area contributed by atoms with Gasteiger partial charge >= 0.3 is 0 Å². The van der Waals surface area contributed by atoms with Crippen molar-refractivity contribution in [2.75, 3.05) is 11.5 Å². The van der Waals surface area contributed by atoms with Gasteiger partial charge in [0.05, 0.1) is 5.75 Å². The number of hydrogen-bond acceptors (Lipinski definition) is 3. The van der Waals surface area contributed by atoms with Crippen LogP contribution >= 0.6 is 15.9 Å². The van der Waals surface area contributed by atoms with Crippen molar-refractivity contribution >= 4 is 31.6 Å². The number of Topliss-reactive ketones (excluding diaryl/α,β-unsaturated/α-hetero) is 1. The SMILES string of the molecule is O=C(CS(=O)(=O)CC1CCCC1)c1cccc(Br)c1. The molecule has 1 aromatic carbocycles. The predicted molar refractivity (Wildman–Crippen MR) is 79.1 cm³/mol. The van der Waals surface area contributed by atoms with Crippen molar-refractivity contribution in [3.05, 3.63) is 34.3 Å². The van der Waals surface area contributed by atoms with Crippen molar-refractivity contribution in [1.29, 1.82) is 0 Å². The fraction of sp³-hybridized carbons (Fsp3) is 0.500. The van der Waals surface area contributed by atoms with E-state index in [1.807, 2.05) is 6.07 Å². The molecule has 1 fully saturated rings. The lowest BCUT2D eigenvalue weighted by Gasteiger charge is -2.09. The molecule has 0 spiro atoms. The molecular formula is C14H17BrO3S. The Kier molecular flexibility index (Phi) is 4.79. The standard InChI is InChI=1S/C14H17BrO3S/c15-13-7-3-6-12(8-13)14(16)10-19(17,18)9-11-4-1-2-5-11/h3,6-8,11H,1-2,4-5,9-10H2. The van der Waals surface area contributed by atoms with Crippen LogP contribution in [0.3, 0.4) is 0 Å². The van der Waals surface area contributed by atoms with Crippen LogP contribution in [0.5, 0.6) is 0 Å². The Balaban J connectivity index is 2.01. The van der Waals surface area contributed by atoms with Crippen LogP contribution < -0.4 is 0 Å². The van der Waals surface area contributed by atoms with E-state index in [0.717, 1.165) is 30.2 Å². The first-order valence-electron chi connectivity index (χ1n) is 6.45. The van der Waals surface area contributed by atoms with E-state index < -0.39 is 9.84 Å². The second kappa shape index (κ2) is 6.18. The molecule has 0 atom stereocenters. The van der Waals surface area contributed by atoms with E-state index in [9.17, 15) is 13.2 Å². The second-order valence-corrected chi connectivity index (χ2v) is 8.16. The summed E-state index contributed by atoms with van der Waals surface area (Å²) in [5.74, 6) is -0.285. The first-order chi connectivity index (χ1) is 8.96. The van der Waals surface area contributed by atoms with E-state index in [1.165, 1.54) is 0 Å². The summed E-state index contributed by atoms with van der Waals surface area (Å²) in [5, 5.41) is 0. The summed E-state index contributed by atoms with van der Waals surface area (Å²) < 4.78 is 24.8. The third-order valence-electron chi connectivity index (χ3n) is 3.46. The summed E-state index contributed by atoms with van der Waals surface area (Å²) in [4.78, 5) is 12.0. The third-order valence-corrected chi connectivity index (χ3v) is 5.64. The van der Waals surface area contributed by atoms with Gasteiger partial charge in [0.1, 0.15) is 5.75 Å². The van der Waals surface area contributed by atoms with Crippen LogP contribution in [-0.4, -0.2) is 25.7 Å². The Morgan fingerprint density at radius 2 is 1.95 bits per heavy atom. The molecule has 0 heterocycles. The van der Waals surface area contributed by atoms with Crippen LogP contribution in [0.4, 0.5) is 0 Å². The van der Waals surface area contributed by atoms with Crippen LogP contribution in [0.25, 0.3) is 0 Å². The van der Waals surface area contributed by atoms with Crippen LogP contribution in [0.15, 0.2) is 28.7 Å². The summed E-state index contributed by atoms with van der Waals surface area (Å²) in [5.41, 5.74) is 0.448. The first-order valence-corrected chi connectivity index (χ1v) is 9.07. The minimum Gasteiger partial charge on any atom is -0.293 e. The zero-order valence-electron chi connectivity index (χ0n) is 10.6. The zero-order chi connectivity index (χ0) is 13.9. The largest absolute Gasteiger partial charge is 0.293 e. The van der Waals surface area contributed by atoms with Crippen molar-refractivity contribution in [2.24, 2.45) is 5.92 Å². The summed E-state index contributed by atoms with van der Waals surface area (Å²) in [6.45, 7) is 0. The van der Waals surface area contributed by atoms with Gasteiger partial charge in [0, 0.05) is 10.0 Å². The summed E-state index contributed by atoms with van der Waals surface area (Å²) >= 11 is 3.28. The highest BCUT2D eigenvalue weighted by atomic mass is 79.9. The average Bonchev–Trinajstić information content (AvgIpc) is 2.80. The van der Waals surface area contributed by atoms with Gasteiger partial charge in [0.15, 0.2) is 15.6 Å². The molecule has 0 aliphatic heterocycles. The lowest BCUT2D eigenvalue weighted by molar-refractivity contribution is 0.102. The van der Waals surface area contributed by atoms with Gasteiger partial charge in [-0.25, -0.2) is 8.42 Å². The van der Waals surface area contributed by atoms with Crippen molar-refractivity contribution in [3.63, 3.8) is 0 Å². The molecule has 1 aliphatic rings. The van der Waals surface area contributed by atoms with E-state index in [2.05, 4.69) is 15.9 Å². The van der Waals surface area contributed by atoms with Gasteiger partial charge < -0.3 is 0 Å². The van der Waals surface area contributed by atoms with Crippen molar-refractivity contribution in [1.82, 2.24) is 0 Å². The number of sulfone groups is 1. The van der Waals surface area contributed by atoms with Gasteiger partial charge in [-0.1, -0.05) is 40.9 Å². The highest BCUT2D eigenvalue weighted by molar-refractivity contribution is 9.10. The highest BCUT2D eigenvalue weighted by Crippen LogP contribution is 2.26. The van der Waals surface area contributed by atoms with Crippen molar-refractivity contribution in [2.45, 2.75) is 25.7 Å². The van der Waals surface area contributed by atoms with Gasteiger partial charge in [0.25, 0.3) is 0 Å². The van der Waals surface area contributed by atoms with E-state index in [-0.39, 0.29) is 23.2 Å². The molecule has 5 heteroatoms. The average molecular weight is 345 g/mol. The van der Waals surface area contributed by atoms with Crippen LogP contribution in [0.2, 0.25) is 0 Å². The molecule has 1 aliphatic carbocycles. The van der Waals surface area contributed by atoms with Crippen molar-refractivity contribution < 1.29 is 13.2 Å². The number of ketones is 1. The molecule has 0 amide bonds. The summed E-state index contributed by atoms with van der Waals surface area (Å²) in [6, 6.07) is 6.86. The molecule has 0 unspecified atom stereocenters. The maximum absolute atomic E-state index is 12.0. The predicted octanol–water partition coefficient (Wildman–Crippen LogP) is 3.24. The van der Waals surface area contributed by atoms with Gasteiger partial charge in [-0.2, -0.15) is 0 Å². The summed E-state index contributed by atoms with van der Waals surface area (Å²) in [6.07, 6.45) is 4.17. The molecule has 3 nitrogen and oxygen atoms in total. The molecule has 0 N–H and O–H groups in total. The number of hydrogen-bond donors (Lipinski definition) is 0. The van der Waals surface area contributed by atoms with Gasteiger partial charge in [-0.15, -0.1) is 0 Å². The molecule has 0 radical (unpaired) electrons. The van der Waals surface area contributed by atoms with Gasteiger partial charge in [-0.05, 0) is 30.9 Å². The number of carbonyl (C=O) groups excluding carboxylic acids is 1. The topological polar surface area (TPSA) is 51.2 Å². The minimum absolute atomic E-state index is 0.159. The third kappa shape index (κ3) is 4.42. The van der Waals surface area contributed by atoms with Gasteiger partial charge in [-0.3, -0.25) is 4.79 Å². The molecular weight excluding hydrogens is 328 g/mol.